The molecule has 0 amide bonds. The van der Waals surface area contributed by atoms with E-state index in [0.29, 0.717) is 5.92 Å². The van der Waals surface area contributed by atoms with Crippen molar-refractivity contribution in [3.8, 4) is 0 Å². The van der Waals surface area contributed by atoms with E-state index in [1.165, 1.54) is 5.56 Å². The number of benzene rings is 1. The highest BCUT2D eigenvalue weighted by Crippen LogP contribution is 2.18. The summed E-state index contributed by atoms with van der Waals surface area (Å²) in [6, 6.07) is 5.05. The Bertz CT molecular complexity index is 292. The van der Waals surface area contributed by atoms with Crippen molar-refractivity contribution < 1.29 is 4.39 Å². The van der Waals surface area contributed by atoms with E-state index in [0.717, 1.165) is 23.7 Å². The molecule has 0 nitrogen and oxygen atoms in total. The van der Waals surface area contributed by atoms with Crippen molar-refractivity contribution in [1.29, 1.82) is 0 Å². The third kappa shape index (κ3) is 3.09. The van der Waals surface area contributed by atoms with Crippen LogP contribution in [0.5, 0.6) is 0 Å². The molecule has 1 rings (SSSR count). The second-order valence-corrected chi connectivity index (χ2v) is 4.35. The van der Waals surface area contributed by atoms with Crippen LogP contribution in [-0.4, -0.2) is 5.33 Å². The van der Waals surface area contributed by atoms with Crippen molar-refractivity contribution in [3.63, 3.8) is 0 Å². The average Bonchev–Trinajstić information content (AvgIpc) is 2.17. The first-order valence-electron chi connectivity index (χ1n) is 4.98. The van der Waals surface area contributed by atoms with Gasteiger partial charge in [0.25, 0.3) is 0 Å². The maximum absolute atomic E-state index is 12.8. The lowest BCUT2D eigenvalue weighted by Gasteiger charge is -2.13. The van der Waals surface area contributed by atoms with Crippen molar-refractivity contribution in [2.45, 2.75) is 26.7 Å². The molecule has 0 aliphatic rings. The maximum Gasteiger partial charge on any atom is 0.123 e. The summed E-state index contributed by atoms with van der Waals surface area (Å²) in [4.78, 5) is 0. The highest BCUT2D eigenvalue weighted by atomic mass is 79.9. The second-order valence-electron chi connectivity index (χ2n) is 3.70. The molecule has 1 aromatic carbocycles. The van der Waals surface area contributed by atoms with Crippen LogP contribution in [0, 0.1) is 18.7 Å². The van der Waals surface area contributed by atoms with E-state index in [1.807, 2.05) is 13.0 Å². The van der Waals surface area contributed by atoms with E-state index in [2.05, 4.69) is 22.9 Å². The SMILES string of the molecule is CCC(CBr)Cc1ccc(F)cc1C. The van der Waals surface area contributed by atoms with Gasteiger partial charge in [0.15, 0.2) is 0 Å². The summed E-state index contributed by atoms with van der Waals surface area (Å²) in [6.07, 6.45) is 2.19. The Morgan fingerprint density at radius 3 is 2.64 bits per heavy atom. The van der Waals surface area contributed by atoms with E-state index >= 15 is 0 Å². The van der Waals surface area contributed by atoms with Gasteiger partial charge in [0.2, 0.25) is 0 Å². The molecule has 0 fully saturated rings. The van der Waals surface area contributed by atoms with Crippen LogP contribution in [0.25, 0.3) is 0 Å². The number of rotatable bonds is 4. The van der Waals surface area contributed by atoms with Gasteiger partial charge >= 0.3 is 0 Å². The third-order valence-electron chi connectivity index (χ3n) is 2.61. The fourth-order valence-corrected chi connectivity index (χ4v) is 2.19. The molecular formula is C12H16BrF. The normalized spacial score (nSPS) is 12.9. The van der Waals surface area contributed by atoms with Crippen LogP contribution >= 0.6 is 15.9 Å². The predicted molar refractivity (Wildman–Crippen MR) is 62.4 cm³/mol. The van der Waals surface area contributed by atoms with Crippen molar-refractivity contribution in [2.24, 2.45) is 5.92 Å². The van der Waals surface area contributed by atoms with Gasteiger partial charge in [-0.25, -0.2) is 4.39 Å². The summed E-state index contributed by atoms with van der Waals surface area (Å²) >= 11 is 3.50. The van der Waals surface area contributed by atoms with E-state index < -0.39 is 0 Å². The molecule has 0 spiro atoms. The minimum atomic E-state index is -0.141. The summed E-state index contributed by atoms with van der Waals surface area (Å²) in [6.45, 7) is 4.16. The van der Waals surface area contributed by atoms with E-state index in [1.54, 1.807) is 12.1 Å². The fourth-order valence-electron chi connectivity index (χ4n) is 1.51. The van der Waals surface area contributed by atoms with E-state index in [-0.39, 0.29) is 5.82 Å². The first-order valence-corrected chi connectivity index (χ1v) is 6.10. The number of hydrogen-bond acceptors (Lipinski definition) is 0. The number of hydrogen-bond donors (Lipinski definition) is 0. The second kappa shape index (κ2) is 5.50. The third-order valence-corrected chi connectivity index (χ3v) is 3.52. The number of aryl methyl sites for hydroxylation is 1. The van der Waals surface area contributed by atoms with Gasteiger partial charge in [-0.3, -0.25) is 0 Å². The fraction of sp³-hybridized carbons (Fsp3) is 0.500. The summed E-state index contributed by atoms with van der Waals surface area (Å²) in [5.74, 6) is 0.511. The zero-order valence-electron chi connectivity index (χ0n) is 8.69. The Morgan fingerprint density at radius 1 is 1.43 bits per heavy atom. The van der Waals surface area contributed by atoms with E-state index in [9.17, 15) is 4.39 Å². The van der Waals surface area contributed by atoms with Gasteiger partial charge in [-0.2, -0.15) is 0 Å². The molecule has 78 valence electrons. The van der Waals surface area contributed by atoms with Crippen LogP contribution in [0.15, 0.2) is 18.2 Å². The van der Waals surface area contributed by atoms with Crippen molar-refractivity contribution in [3.05, 3.63) is 35.1 Å². The predicted octanol–water partition coefficient (Wildman–Crippen LogP) is 4.10. The minimum Gasteiger partial charge on any atom is -0.207 e. The first-order chi connectivity index (χ1) is 6.67. The lowest BCUT2D eigenvalue weighted by Crippen LogP contribution is -2.05. The van der Waals surface area contributed by atoms with Gasteiger partial charge in [0.05, 0.1) is 0 Å². The zero-order chi connectivity index (χ0) is 10.6. The standard InChI is InChI=1S/C12H16BrF/c1-3-10(8-13)7-11-4-5-12(14)6-9(11)2/h4-6,10H,3,7-8H2,1-2H3. The molecule has 1 aromatic rings. The van der Waals surface area contributed by atoms with Crippen LogP contribution in [-0.2, 0) is 6.42 Å². The largest absolute Gasteiger partial charge is 0.207 e. The zero-order valence-corrected chi connectivity index (χ0v) is 10.3. The van der Waals surface area contributed by atoms with E-state index in [4.69, 9.17) is 0 Å². The topological polar surface area (TPSA) is 0 Å². The van der Waals surface area contributed by atoms with Gasteiger partial charge in [0, 0.05) is 5.33 Å². The molecular weight excluding hydrogens is 243 g/mol. The van der Waals surface area contributed by atoms with Crippen molar-refractivity contribution in [1.82, 2.24) is 0 Å². The quantitative estimate of drug-likeness (QED) is 0.714. The van der Waals surface area contributed by atoms with Gasteiger partial charge < -0.3 is 0 Å². The Labute approximate surface area is 93.7 Å². The summed E-state index contributed by atoms with van der Waals surface area (Å²) in [5.41, 5.74) is 2.32. The average molecular weight is 259 g/mol. The lowest BCUT2D eigenvalue weighted by atomic mass is 9.96. The Hall–Kier alpha value is -0.370. The van der Waals surface area contributed by atoms with Gasteiger partial charge in [-0.05, 0) is 42.5 Å². The Morgan fingerprint density at radius 2 is 2.14 bits per heavy atom. The van der Waals surface area contributed by atoms with Crippen LogP contribution in [0.2, 0.25) is 0 Å². The molecule has 0 saturated carbocycles. The summed E-state index contributed by atoms with van der Waals surface area (Å²) in [5, 5.41) is 1.01. The van der Waals surface area contributed by atoms with Crippen LogP contribution < -0.4 is 0 Å². The number of halogens is 2. The summed E-state index contributed by atoms with van der Waals surface area (Å²) < 4.78 is 12.8. The van der Waals surface area contributed by atoms with Crippen molar-refractivity contribution in [2.75, 3.05) is 5.33 Å². The molecule has 2 heteroatoms. The maximum atomic E-state index is 12.8. The molecule has 14 heavy (non-hydrogen) atoms. The summed E-state index contributed by atoms with van der Waals surface area (Å²) in [7, 11) is 0. The Kier molecular flexibility index (Phi) is 4.59. The molecule has 0 N–H and O–H groups in total. The minimum absolute atomic E-state index is 0.141. The van der Waals surface area contributed by atoms with Crippen LogP contribution in [0.1, 0.15) is 24.5 Å². The highest BCUT2D eigenvalue weighted by Gasteiger charge is 2.07. The molecule has 0 aromatic heterocycles. The van der Waals surface area contributed by atoms with Gasteiger partial charge in [-0.15, -0.1) is 0 Å². The Balaban J connectivity index is 2.76. The first kappa shape index (κ1) is 11.7. The molecule has 0 bridgehead atoms. The monoisotopic (exact) mass is 258 g/mol. The molecule has 0 aliphatic carbocycles. The molecule has 1 atom stereocenters. The molecule has 0 heterocycles. The van der Waals surface area contributed by atoms with Gasteiger partial charge in [-0.1, -0.05) is 35.3 Å². The van der Waals surface area contributed by atoms with Crippen LogP contribution in [0.4, 0.5) is 4.39 Å². The highest BCUT2D eigenvalue weighted by molar-refractivity contribution is 9.09. The molecule has 1 unspecified atom stereocenters. The smallest absolute Gasteiger partial charge is 0.123 e. The van der Waals surface area contributed by atoms with Crippen LogP contribution in [0.3, 0.4) is 0 Å². The lowest BCUT2D eigenvalue weighted by molar-refractivity contribution is 0.569. The van der Waals surface area contributed by atoms with Crippen molar-refractivity contribution >= 4 is 15.9 Å². The molecule has 0 saturated heterocycles. The van der Waals surface area contributed by atoms with Gasteiger partial charge in [0.1, 0.15) is 5.82 Å². The molecule has 0 radical (unpaired) electrons. The number of alkyl halides is 1. The molecule has 0 aliphatic heterocycles.